The number of nitrogens with one attached hydrogen (secondary N) is 3. The molecule has 172 valence electrons. The lowest BCUT2D eigenvalue weighted by Crippen LogP contribution is -2.40. The minimum Gasteiger partial charge on any atom is -0.474 e. The molecule has 0 radical (unpaired) electrons. The Morgan fingerprint density at radius 2 is 2.09 bits per heavy atom. The Morgan fingerprint density at radius 1 is 1.24 bits per heavy atom. The van der Waals surface area contributed by atoms with Crippen LogP contribution >= 0.6 is 0 Å². The summed E-state index contributed by atoms with van der Waals surface area (Å²) in [6.07, 6.45) is 3.73. The predicted molar refractivity (Wildman–Crippen MR) is 123 cm³/mol. The number of halogens is 2. The first-order chi connectivity index (χ1) is 15.9. The summed E-state index contributed by atoms with van der Waals surface area (Å²) in [6.45, 7) is 3.01. The number of hydrogen-bond acceptors (Lipinski definition) is 6. The predicted octanol–water partition coefficient (Wildman–Crippen LogP) is 4.14. The Hall–Kier alpha value is -3.69. The van der Waals surface area contributed by atoms with Crippen LogP contribution in [0.1, 0.15) is 24.8 Å². The third-order valence-corrected chi connectivity index (χ3v) is 6.23. The molecule has 2 aliphatic rings. The van der Waals surface area contributed by atoms with E-state index < -0.39 is 24.1 Å². The number of carbonyl (C=O) groups is 1. The Morgan fingerprint density at radius 3 is 2.88 bits per heavy atom. The van der Waals surface area contributed by atoms with Crippen LogP contribution in [-0.2, 0) is 0 Å². The van der Waals surface area contributed by atoms with Crippen LogP contribution in [0.5, 0.6) is 5.88 Å². The second kappa shape index (κ2) is 8.34. The summed E-state index contributed by atoms with van der Waals surface area (Å²) in [5.74, 6) is 0.163. The van der Waals surface area contributed by atoms with E-state index in [2.05, 4.69) is 25.9 Å². The lowest BCUT2D eigenvalue weighted by Gasteiger charge is -2.22. The minimum atomic E-state index is -1.04. The maximum absolute atomic E-state index is 15.3. The summed E-state index contributed by atoms with van der Waals surface area (Å²) >= 11 is 0. The number of ether oxygens (including phenoxy) is 1. The molecule has 8 nitrogen and oxygen atoms in total. The molecule has 1 aliphatic carbocycles. The average molecular weight is 454 g/mol. The van der Waals surface area contributed by atoms with Crippen molar-refractivity contribution in [3.05, 3.63) is 35.9 Å². The maximum Gasteiger partial charge on any atom is 0.320 e. The standard InChI is InChI=1S/C23H24F2N6O2/c1-11-14(9-29-22-21(11)27-5-6-33-22)13-7-12-8-18(28-10-15(12)20(26)19(13)25)31-23(32)30-17-4-2-3-16(17)24/h7-10,16-17,27H,2-6,26H2,1H3,(H2,28,30,31,32)/t16-,17-/m1/s1. The molecule has 2 aromatic heterocycles. The molecule has 1 fully saturated rings. The van der Waals surface area contributed by atoms with Crippen LogP contribution in [0, 0.1) is 12.7 Å². The SMILES string of the molecule is Cc1c(-c2cc3cc(NC(=O)N[C@@H]4CCC[C@H]4F)ncc3c(N)c2F)cnc2c1NCCO2. The van der Waals surface area contributed by atoms with Gasteiger partial charge < -0.3 is 21.1 Å². The van der Waals surface area contributed by atoms with Crippen LogP contribution in [0.2, 0.25) is 0 Å². The van der Waals surface area contributed by atoms with E-state index >= 15 is 4.39 Å². The van der Waals surface area contributed by atoms with Gasteiger partial charge in [-0.05, 0) is 49.3 Å². The number of anilines is 3. The molecule has 1 saturated carbocycles. The zero-order valence-corrected chi connectivity index (χ0v) is 18.0. The molecule has 3 heterocycles. The number of fused-ring (bicyclic) bond motifs is 2. The quantitative estimate of drug-likeness (QED) is 0.442. The van der Waals surface area contributed by atoms with Gasteiger partial charge in [-0.3, -0.25) is 5.32 Å². The third-order valence-electron chi connectivity index (χ3n) is 6.23. The van der Waals surface area contributed by atoms with Gasteiger partial charge in [0.05, 0.1) is 11.7 Å². The van der Waals surface area contributed by atoms with Gasteiger partial charge in [0.25, 0.3) is 0 Å². The molecule has 0 bridgehead atoms. The van der Waals surface area contributed by atoms with E-state index in [0.717, 1.165) is 17.7 Å². The van der Waals surface area contributed by atoms with Crippen LogP contribution in [0.15, 0.2) is 24.5 Å². The van der Waals surface area contributed by atoms with E-state index in [1.807, 2.05) is 6.92 Å². The lowest BCUT2D eigenvalue weighted by atomic mass is 9.97. The van der Waals surface area contributed by atoms with Crippen molar-refractivity contribution in [2.24, 2.45) is 0 Å². The monoisotopic (exact) mass is 454 g/mol. The first-order valence-corrected chi connectivity index (χ1v) is 10.9. The van der Waals surface area contributed by atoms with Crippen molar-refractivity contribution in [1.82, 2.24) is 15.3 Å². The average Bonchev–Trinajstić information content (AvgIpc) is 3.21. The molecule has 3 aromatic rings. The normalized spacial score (nSPS) is 19.5. The van der Waals surface area contributed by atoms with Gasteiger partial charge in [-0.2, -0.15) is 0 Å². The van der Waals surface area contributed by atoms with Gasteiger partial charge in [-0.25, -0.2) is 23.5 Å². The number of pyridine rings is 2. The number of benzene rings is 1. The molecule has 2 atom stereocenters. The highest BCUT2D eigenvalue weighted by Gasteiger charge is 2.28. The maximum atomic E-state index is 15.3. The van der Waals surface area contributed by atoms with Gasteiger partial charge in [0, 0.05) is 35.5 Å². The fourth-order valence-electron chi connectivity index (χ4n) is 4.45. The van der Waals surface area contributed by atoms with Crippen LogP contribution in [0.3, 0.4) is 0 Å². The van der Waals surface area contributed by atoms with Crippen molar-refractivity contribution < 1.29 is 18.3 Å². The number of nitrogens with zero attached hydrogens (tertiary/aromatic N) is 2. The Kier molecular flexibility index (Phi) is 5.35. The smallest absolute Gasteiger partial charge is 0.320 e. The van der Waals surface area contributed by atoms with E-state index in [1.165, 1.54) is 6.20 Å². The number of alkyl halides is 1. The number of nitrogen functional groups attached to an aromatic ring is 1. The minimum absolute atomic E-state index is 0.0430. The molecule has 1 aromatic carbocycles. The van der Waals surface area contributed by atoms with Crippen molar-refractivity contribution in [2.45, 2.75) is 38.4 Å². The van der Waals surface area contributed by atoms with E-state index in [4.69, 9.17) is 10.5 Å². The van der Waals surface area contributed by atoms with Crippen LogP contribution in [0.25, 0.3) is 21.9 Å². The number of urea groups is 1. The zero-order valence-electron chi connectivity index (χ0n) is 18.0. The second-order valence-electron chi connectivity index (χ2n) is 8.35. The Bertz CT molecular complexity index is 1250. The largest absolute Gasteiger partial charge is 0.474 e. The number of hydrogen-bond donors (Lipinski definition) is 4. The Labute approximate surface area is 188 Å². The van der Waals surface area contributed by atoms with Crippen LogP contribution < -0.4 is 26.4 Å². The highest BCUT2D eigenvalue weighted by molar-refractivity contribution is 6.00. The topological polar surface area (TPSA) is 114 Å². The summed E-state index contributed by atoms with van der Waals surface area (Å²) in [6, 6.07) is 2.23. The van der Waals surface area contributed by atoms with Crippen LogP contribution in [-0.4, -0.2) is 41.4 Å². The molecule has 2 amide bonds. The fraction of sp³-hybridized carbons (Fsp3) is 0.348. The van der Waals surface area contributed by atoms with Gasteiger partial charge in [-0.15, -0.1) is 0 Å². The van der Waals surface area contributed by atoms with Crippen molar-refractivity contribution in [3.63, 3.8) is 0 Å². The summed E-state index contributed by atoms with van der Waals surface area (Å²) in [5, 5.41) is 9.53. The number of nitrogens with two attached hydrogens (primary N) is 1. The number of amides is 2. The van der Waals surface area contributed by atoms with Gasteiger partial charge in [0.2, 0.25) is 5.88 Å². The first kappa shape index (κ1) is 21.2. The van der Waals surface area contributed by atoms with E-state index in [1.54, 1.807) is 18.3 Å². The number of aromatic nitrogens is 2. The fourth-order valence-corrected chi connectivity index (χ4v) is 4.45. The molecule has 1 aliphatic heterocycles. The lowest BCUT2D eigenvalue weighted by molar-refractivity contribution is 0.235. The summed E-state index contributed by atoms with van der Waals surface area (Å²) in [4.78, 5) is 20.8. The summed E-state index contributed by atoms with van der Waals surface area (Å²) < 4.78 is 34.6. The molecule has 0 spiro atoms. The second-order valence-corrected chi connectivity index (χ2v) is 8.35. The van der Waals surface area contributed by atoms with Gasteiger partial charge in [0.15, 0.2) is 5.82 Å². The highest BCUT2D eigenvalue weighted by Crippen LogP contribution is 2.39. The molecule has 0 unspecified atom stereocenters. The van der Waals surface area contributed by atoms with Crippen molar-refractivity contribution >= 4 is 34.0 Å². The zero-order chi connectivity index (χ0) is 23.1. The molecular formula is C23H24F2N6O2. The Balaban J connectivity index is 1.48. The van der Waals surface area contributed by atoms with Gasteiger partial charge in [0.1, 0.15) is 24.3 Å². The van der Waals surface area contributed by atoms with Crippen LogP contribution in [0.4, 0.5) is 30.8 Å². The molecule has 33 heavy (non-hydrogen) atoms. The molecular weight excluding hydrogens is 430 g/mol. The summed E-state index contributed by atoms with van der Waals surface area (Å²) in [5.41, 5.74) is 8.44. The number of carbonyl (C=O) groups excluding carboxylic acids is 1. The molecule has 10 heteroatoms. The highest BCUT2D eigenvalue weighted by atomic mass is 19.1. The molecule has 5 N–H and O–H groups in total. The van der Waals surface area contributed by atoms with Crippen molar-refractivity contribution in [2.75, 3.05) is 29.5 Å². The third kappa shape index (κ3) is 3.85. The van der Waals surface area contributed by atoms with E-state index in [0.29, 0.717) is 48.2 Å². The summed E-state index contributed by atoms with van der Waals surface area (Å²) in [7, 11) is 0. The van der Waals surface area contributed by atoms with Gasteiger partial charge in [-0.1, -0.05) is 0 Å². The van der Waals surface area contributed by atoms with Gasteiger partial charge >= 0.3 is 6.03 Å². The van der Waals surface area contributed by atoms with Crippen molar-refractivity contribution in [3.8, 4) is 17.0 Å². The molecule has 5 rings (SSSR count). The first-order valence-electron chi connectivity index (χ1n) is 10.9. The van der Waals surface area contributed by atoms with E-state index in [9.17, 15) is 9.18 Å². The van der Waals surface area contributed by atoms with E-state index in [-0.39, 0.29) is 17.1 Å². The van der Waals surface area contributed by atoms with Crippen molar-refractivity contribution in [1.29, 1.82) is 0 Å². The molecule has 0 saturated heterocycles. The number of rotatable bonds is 3.